The van der Waals surface area contributed by atoms with Crippen LogP contribution in [0.4, 0.5) is 0 Å². The molecular formula is C27H22N2O. The first-order valence-corrected chi connectivity index (χ1v) is 10.3. The summed E-state index contributed by atoms with van der Waals surface area (Å²) in [7, 11) is 0. The van der Waals surface area contributed by atoms with Crippen molar-refractivity contribution in [3.05, 3.63) is 83.3 Å². The molecule has 1 aliphatic rings. The minimum Gasteiger partial charge on any atom is -0.455 e. The molecule has 0 spiro atoms. The number of furan rings is 1. The second-order valence-corrected chi connectivity index (χ2v) is 8.84. The summed E-state index contributed by atoms with van der Waals surface area (Å²) in [6, 6.07) is 17.1. The topological polar surface area (TPSA) is 38.9 Å². The summed E-state index contributed by atoms with van der Waals surface area (Å²) >= 11 is 0. The number of fused-ring (bicyclic) bond motifs is 7. The van der Waals surface area contributed by atoms with Crippen LogP contribution in [-0.2, 0) is 5.41 Å². The van der Waals surface area contributed by atoms with Gasteiger partial charge in [-0.2, -0.15) is 0 Å². The van der Waals surface area contributed by atoms with E-state index in [-0.39, 0.29) is 5.41 Å². The molecule has 0 N–H and O–H groups in total. The van der Waals surface area contributed by atoms with E-state index in [1.807, 2.05) is 24.5 Å². The summed E-state index contributed by atoms with van der Waals surface area (Å²) in [5.74, 6) is 0. The fourth-order valence-electron chi connectivity index (χ4n) is 5.08. The van der Waals surface area contributed by atoms with Crippen LogP contribution in [0.5, 0.6) is 0 Å². The van der Waals surface area contributed by atoms with Crippen LogP contribution in [-0.4, -0.2) is 9.97 Å². The summed E-state index contributed by atoms with van der Waals surface area (Å²) in [5.41, 5.74) is 10.8. The van der Waals surface area contributed by atoms with Crippen LogP contribution in [0, 0.1) is 13.8 Å². The number of nitrogens with zero attached hydrogens (tertiary/aromatic N) is 2. The third-order valence-electron chi connectivity index (χ3n) is 6.50. The highest BCUT2D eigenvalue weighted by molar-refractivity contribution is 6.12. The predicted molar refractivity (Wildman–Crippen MR) is 122 cm³/mol. The van der Waals surface area contributed by atoms with Crippen molar-refractivity contribution in [3.63, 3.8) is 0 Å². The molecule has 0 fully saturated rings. The van der Waals surface area contributed by atoms with Gasteiger partial charge in [0.1, 0.15) is 11.2 Å². The maximum Gasteiger partial charge on any atom is 0.145 e. The van der Waals surface area contributed by atoms with E-state index >= 15 is 0 Å². The maximum absolute atomic E-state index is 6.70. The molecule has 0 aliphatic heterocycles. The van der Waals surface area contributed by atoms with Crippen molar-refractivity contribution in [1.29, 1.82) is 0 Å². The fraction of sp³-hybridized carbons (Fsp3) is 0.185. The Morgan fingerprint density at radius 3 is 2.43 bits per heavy atom. The van der Waals surface area contributed by atoms with Gasteiger partial charge in [0.25, 0.3) is 0 Å². The van der Waals surface area contributed by atoms with Crippen molar-refractivity contribution >= 4 is 21.9 Å². The largest absolute Gasteiger partial charge is 0.455 e. The average molecular weight is 390 g/mol. The van der Waals surface area contributed by atoms with Gasteiger partial charge < -0.3 is 4.42 Å². The Hall–Kier alpha value is -3.46. The summed E-state index contributed by atoms with van der Waals surface area (Å²) in [5, 5.41) is 2.29. The molecule has 146 valence electrons. The minimum atomic E-state index is -0.212. The molecule has 0 saturated carbocycles. The van der Waals surface area contributed by atoms with E-state index in [9.17, 15) is 0 Å². The standard InChI is InChI=1S/C27H22N2O/c1-15-11-13-28-21(14-15)22-16(2)7-8-18-19-10-9-17-20-6-5-12-29-26(20)27(3,4)23(17)25(19)30-24(18)22/h5-14H,1-4H3. The van der Waals surface area contributed by atoms with E-state index in [0.29, 0.717) is 0 Å². The summed E-state index contributed by atoms with van der Waals surface area (Å²) < 4.78 is 6.70. The molecule has 0 saturated heterocycles. The van der Waals surface area contributed by atoms with Crippen LogP contribution in [0.3, 0.4) is 0 Å². The van der Waals surface area contributed by atoms with Gasteiger partial charge in [0, 0.05) is 45.3 Å². The Bertz CT molecular complexity index is 1490. The Labute approximate surface area is 175 Å². The first-order valence-electron chi connectivity index (χ1n) is 10.3. The third-order valence-corrected chi connectivity index (χ3v) is 6.50. The van der Waals surface area contributed by atoms with Gasteiger partial charge in [0.15, 0.2) is 0 Å². The Balaban J connectivity index is 1.74. The van der Waals surface area contributed by atoms with E-state index in [1.54, 1.807) is 0 Å². The van der Waals surface area contributed by atoms with Gasteiger partial charge in [-0.1, -0.05) is 24.3 Å². The zero-order chi connectivity index (χ0) is 20.6. The van der Waals surface area contributed by atoms with Crippen molar-refractivity contribution in [2.75, 3.05) is 0 Å². The summed E-state index contributed by atoms with van der Waals surface area (Å²) in [6.45, 7) is 8.70. The van der Waals surface area contributed by atoms with E-state index in [1.165, 1.54) is 27.8 Å². The van der Waals surface area contributed by atoms with E-state index in [0.717, 1.165) is 38.9 Å². The van der Waals surface area contributed by atoms with Crippen LogP contribution >= 0.6 is 0 Å². The van der Waals surface area contributed by atoms with Gasteiger partial charge in [0.2, 0.25) is 0 Å². The van der Waals surface area contributed by atoms with Crippen molar-refractivity contribution in [2.45, 2.75) is 33.1 Å². The van der Waals surface area contributed by atoms with Gasteiger partial charge in [-0.15, -0.1) is 0 Å². The van der Waals surface area contributed by atoms with Crippen molar-refractivity contribution in [1.82, 2.24) is 9.97 Å². The molecule has 5 aromatic rings. The third kappa shape index (κ3) is 2.15. The molecule has 0 bridgehead atoms. The number of aryl methyl sites for hydroxylation is 2. The first-order chi connectivity index (χ1) is 14.5. The molecule has 3 heterocycles. The van der Waals surface area contributed by atoms with E-state index < -0.39 is 0 Å². The number of hydrogen-bond donors (Lipinski definition) is 0. The zero-order valence-electron chi connectivity index (χ0n) is 17.6. The molecule has 0 atom stereocenters. The Morgan fingerprint density at radius 1 is 0.800 bits per heavy atom. The molecule has 0 radical (unpaired) electrons. The Kier molecular flexibility index (Phi) is 3.36. The second kappa shape index (κ2) is 5.79. The molecule has 6 rings (SSSR count). The molecule has 0 amide bonds. The van der Waals surface area contributed by atoms with Crippen LogP contribution in [0.25, 0.3) is 44.3 Å². The van der Waals surface area contributed by atoms with E-state index in [2.05, 4.69) is 69.1 Å². The van der Waals surface area contributed by atoms with Crippen LogP contribution in [0.15, 0.2) is 65.3 Å². The summed E-state index contributed by atoms with van der Waals surface area (Å²) in [4.78, 5) is 9.38. The normalized spacial score (nSPS) is 14.3. The van der Waals surface area contributed by atoms with Gasteiger partial charge >= 0.3 is 0 Å². The molecule has 30 heavy (non-hydrogen) atoms. The highest BCUT2D eigenvalue weighted by Gasteiger charge is 2.39. The number of hydrogen-bond acceptors (Lipinski definition) is 3. The SMILES string of the molecule is Cc1ccnc(-c2c(C)ccc3c2oc2c4c(ccc23)-c2cccnc2C4(C)C)c1. The molecule has 3 heteroatoms. The van der Waals surface area contributed by atoms with E-state index in [4.69, 9.17) is 9.40 Å². The first kappa shape index (κ1) is 17.4. The lowest BCUT2D eigenvalue weighted by molar-refractivity contribution is 0.608. The lowest BCUT2D eigenvalue weighted by Gasteiger charge is -2.20. The highest BCUT2D eigenvalue weighted by atomic mass is 16.3. The lowest BCUT2D eigenvalue weighted by Crippen LogP contribution is -2.16. The molecule has 3 aromatic heterocycles. The van der Waals surface area contributed by atoms with Gasteiger partial charge in [-0.3, -0.25) is 9.97 Å². The van der Waals surface area contributed by atoms with Crippen LogP contribution in [0.1, 0.15) is 36.2 Å². The second-order valence-electron chi connectivity index (χ2n) is 8.84. The molecule has 0 unspecified atom stereocenters. The molecule has 1 aliphatic carbocycles. The molecular weight excluding hydrogens is 368 g/mol. The van der Waals surface area contributed by atoms with Crippen molar-refractivity contribution in [2.24, 2.45) is 0 Å². The monoisotopic (exact) mass is 390 g/mol. The average Bonchev–Trinajstić information content (AvgIpc) is 3.21. The number of benzene rings is 2. The van der Waals surface area contributed by atoms with Crippen LogP contribution in [0.2, 0.25) is 0 Å². The lowest BCUT2D eigenvalue weighted by atomic mass is 9.84. The van der Waals surface area contributed by atoms with Crippen LogP contribution < -0.4 is 0 Å². The maximum atomic E-state index is 6.70. The quantitative estimate of drug-likeness (QED) is 0.310. The van der Waals surface area contributed by atoms with Crippen molar-refractivity contribution in [3.8, 4) is 22.4 Å². The number of pyridine rings is 2. The molecule has 2 aromatic carbocycles. The summed E-state index contributed by atoms with van der Waals surface area (Å²) in [6.07, 6.45) is 3.75. The van der Waals surface area contributed by atoms with Gasteiger partial charge in [-0.25, -0.2) is 0 Å². The fourth-order valence-corrected chi connectivity index (χ4v) is 5.08. The van der Waals surface area contributed by atoms with Gasteiger partial charge in [-0.05, 0) is 68.7 Å². The minimum absolute atomic E-state index is 0.212. The number of rotatable bonds is 1. The molecule has 3 nitrogen and oxygen atoms in total. The zero-order valence-corrected chi connectivity index (χ0v) is 17.6. The predicted octanol–water partition coefficient (Wildman–Crippen LogP) is 6.97. The van der Waals surface area contributed by atoms with Gasteiger partial charge in [0.05, 0.1) is 11.4 Å². The Morgan fingerprint density at radius 2 is 1.60 bits per heavy atom. The van der Waals surface area contributed by atoms with Crippen molar-refractivity contribution < 1.29 is 4.42 Å². The smallest absolute Gasteiger partial charge is 0.145 e. The highest BCUT2D eigenvalue weighted by Crippen LogP contribution is 2.52. The number of aromatic nitrogens is 2.